The lowest BCUT2D eigenvalue weighted by molar-refractivity contribution is 0.0600. The van der Waals surface area contributed by atoms with Gasteiger partial charge in [-0.1, -0.05) is 0 Å². The Labute approximate surface area is 135 Å². The van der Waals surface area contributed by atoms with Gasteiger partial charge in [0, 0.05) is 18.0 Å². The number of H-pyrrole nitrogens is 1. The molecule has 0 radical (unpaired) electrons. The highest BCUT2D eigenvalue weighted by molar-refractivity contribution is 5.96. The number of carbonyl (C=O) groups is 2. The monoisotopic (exact) mass is 327 g/mol. The second kappa shape index (κ2) is 6.32. The Morgan fingerprint density at radius 1 is 1.21 bits per heavy atom. The zero-order valence-corrected chi connectivity index (χ0v) is 12.6. The number of ether oxygens (including phenoxy) is 1. The van der Waals surface area contributed by atoms with Gasteiger partial charge in [0.1, 0.15) is 0 Å². The molecule has 3 aromatic rings. The molecule has 9 nitrogen and oxygen atoms in total. The molecule has 0 aliphatic heterocycles. The average molecular weight is 327 g/mol. The Balaban J connectivity index is 1.72. The number of benzene rings is 1. The lowest BCUT2D eigenvalue weighted by Gasteiger charge is -2.05. The van der Waals surface area contributed by atoms with E-state index >= 15 is 0 Å². The first kappa shape index (κ1) is 15.4. The lowest BCUT2D eigenvalue weighted by Crippen LogP contribution is -2.24. The zero-order chi connectivity index (χ0) is 17.1. The molecule has 0 bridgehead atoms. The van der Waals surface area contributed by atoms with E-state index in [1.54, 1.807) is 6.20 Å². The van der Waals surface area contributed by atoms with E-state index in [9.17, 15) is 14.4 Å². The fraction of sp³-hybridized carbons (Fsp3) is 0.133. The van der Waals surface area contributed by atoms with Crippen LogP contribution in [0.4, 0.5) is 0 Å². The van der Waals surface area contributed by atoms with Gasteiger partial charge >= 0.3 is 5.97 Å². The fourth-order valence-corrected chi connectivity index (χ4v) is 2.14. The molecule has 0 saturated heterocycles. The van der Waals surface area contributed by atoms with Crippen molar-refractivity contribution in [2.24, 2.45) is 0 Å². The van der Waals surface area contributed by atoms with E-state index in [2.05, 4.69) is 25.2 Å². The summed E-state index contributed by atoms with van der Waals surface area (Å²) in [6.45, 7) is 0.0994. The van der Waals surface area contributed by atoms with E-state index in [1.807, 2.05) is 0 Å². The van der Waals surface area contributed by atoms with Crippen molar-refractivity contribution in [3.63, 3.8) is 0 Å². The van der Waals surface area contributed by atoms with Crippen molar-refractivity contribution in [1.82, 2.24) is 24.9 Å². The molecule has 122 valence electrons. The first-order valence-electron chi connectivity index (χ1n) is 6.98. The summed E-state index contributed by atoms with van der Waals surface area (Å²) in [5.74, 6) is -0.384. The van der Waals surface area contributed by atoms with E-state index in [0.29, 0.717) is 17.0 Å². The summed E-state index contributed by atoms with van der Waals surface area (Å²) in [5.41, 5.74) is 0.538. The summed E-state index contributed by atoms with van der Waals surface area (Å²) in [6.07, 6.45) is 3.07. The SMILES string of the molecule is COC(=O)c1ccc(C(=O)NCc2nnc3c(=O)[nH]ccn23)cc1. The zero-order valence-electron chi connectivity index (χ0n) is 12.6. The maximum atomic E-state index is 12.1. The van der Waals surface area contributed by atoms with Gasteiger partial charge in [-0.05, 0) is 24.3 Å². The molecule has 0 aliphatic carbocycles. The molecule has 0 fully saturated rings. The highest BCUT2D eigenvalue weighted by Gasteiger charge is 2.11. The number of fused-ring (bicyclic) bond motifs is 1. The molecular formula is C15H13N5O4. The highest BCUT2D eigenvalue weighted by atomic mass is 16.5. The summed E-state index contributed by atoms with van der Waals surface area (Å²) in [7, 11) is 1.29. The number of nitrogens with one attached hydrogen (secondary N) is 2. The van der Waals surface area contributed by atoms with Gasteiger partial charge in [-0.25, -0.2) is 4.79 Å². The standard InChI is InChI=1S/C15H13N5O4/c1-24-15(23)10-4-2-9(3-5-10)13(21)17-8-11-18-19-12-14(22)16-6-7-20(11)12/h2-7H,8H2,1H3,(H,16,22)(H,17,21). The molecule has 2 N–H and O–H groups in total. The smallest absolute Gasteiger partial charge is 0.337 e. The van der Waals surface area contributed by atoms with Crippen LogP contribution in [0.3, 0.4) is 0 Å². The van der Waals surface area contributed by atoms with Crippen molar-refractivity contribution in [1.29, 1.82) is 0 Å². The van der Waals surface area contributed by atoms with Crippen molar-refractivity contribution in [3.8, 4) is 0 Å². The largest absolute Gasteiger partial charge is 0.465 e. The fourth-order valence-electron chi connectivity index (χ4n) is 2.14. The van der Waals surface area contributed by atoms with Gasteiger partial charge in [0.25, 0.3) is 11.5 Å². The molecule has 3 rings (SSSR count). The maximum Gasteiger partial charge on any atom is 0.337 e. The third kappa shape index (κ3) is 2.86. The second-order valence-corrected chi connectivity index (χ2v) is 4.85. The molecule has 0 atom stereocenters. The minimum atomic E-state index is -0.470. The number of carbonyl (C=O) groups excluding carboxylic acids is 2. The van der Waals surface area contributed by atoms with Crippen molar-refractivity contribution >= 4 is 17.5 Å². The normalized spacial score (nSPS) is 10.5. The van der Waals surface area contributed by atoms with E-state index in [-0.39, 0.29) is 23.7 Å². The van der Waals surface area contributed by atoms with Crippen LogP contribution in [-0.4, -0.2) is 38.6 Å². The van der Waals surface area contributed by atoms with Crippen LogP contribution >= 0.6 is 0 Å². The third-order valence-electron chi connectivity index (χ3n) is 3.38. The first-order valence-corrected chi connectivity index (χ1v) is 6.98. The minimum Gasteiger partial charge on any atom is -0.465 e. The van der Waals surface area contributed by atoms with Crippen molar-refractivity contribution < 1.29 is 14.3 Å². The van der Waals surface area contributed by atoms with E-state index < -0.39 is 5.97 Å². The van der Waals surface area contributed by atoms with Crippen molar-refractivity contribution in [3.05, 3.63) is 64.0 Å². The number of nitrogens with zero attached hydrogens (tertiary/aromatic N) is 3. The third-order valence-corrected chi connectivity index (χ3v) is 3.38. The van der Waals surface area contributed by atoms with Crippen LogP contribution in [0, 0.1) is 0 Å². The minimum absolute atomic E-state index is 0.0994. The molecule has 0 spiro atoms. The number of methoxy groups -OCH3 is 1. The number of aromatic amines is 1. The summed E-state index contributed by atoms with van der Waals surface area (Å²) >= 11 is 0. The summed E-state index contributed by atoms with van der Waals surface area (Å²) in [4.78, 5) is 37.6. The Hall–Kier alpha value is -3.49. The molecule has 2 heterocycles. The van der Waals surface area contributed by atoms with Crippen LogP contribution in [-0.2, 0) is 11.3 Å². The number of amides is 1. The Morgan fingerprint density at radius 3 is 2.62 bits per heavy atom. The number of esters is 1. The number of hydrogen-bond donors (Lipinski definition) is 2. The summed E-state index contributed by atoms with van der Waals surface area (Å²) in [6, 6.07) is 6.06. The molecule has 0 aliphatic rings. The average Bonchev–Trinajstić information content (AvgIpc) is 3.03. The summed E-state index contributed by atoms with van der Waals surface area (Å²) in [5, 5.41) is 10.3. The molecule has 24 heavy (non-hydrogen) atoms. The second-order valence-electron chi connectivity index (χ2n) is 4.85. The van der Waals surface area contributed by atoms with Gasteiger partial charge in [-0.3, -0.25) is 14.0 Å². The Bertz CT molecular complexity index is 958. The van der Waals surface area contributed by atoms with Crippen LogP contribution in [0.15, 0.2) is 41.5 Å². The van der Waals surface area contributed by atoms with Gasteiger partial charge in [0.15, 0.2) is 5.82 Å². The number of aromatic nitrogens is 4. The first-order chi connectivity index (χ1) is 11.6. The molecule has 1 amide bonds. The molecular weight excluding hydrogens is 314 g/mol. The lowest BCUT2D eigenvalue weighted by atomic mass is 10.1. The highest BCUT2D eigenvalue weighted by Crippen LogP contribution is 2.06. The van der Waals surface area contributed by atoms with E-state index in [1.165, 1.54) is 42.0 Å². The van der Waals surface area contributed by atoms with Gasteiger partial charge in [-0.2, -0.15) is 0 Å². The van der Waals surface area contributed by atoms with Crippen LogP contribution < -0.4 is 10.9 Å². The quantitative estimate of drug-likeness (QED) is 0.658. The predicted molar refractivity (Wildman–Crippen MR) is 82.6 cm³/mol. The summed E-state index contributed by atoms with van der Waals surface area (Å²) < 4.78 is 6.10. The number of rotatable bonds is 4. The van der Waals surface area contributed by atoms with Crippen LogP contribution in [0.5, 0.6) is 0 Å². The van der Waals surface area contributed by atoms with Crippen molar-refractivity contribution in [2.75, 3.05) is 7.11 Å². The van der Waals surface area contributed by atoms with Crippen LogP contribution in [0.25, 0.3) is 5.65 Å². The van der Waals surface area contributed by atoms with E-state index in [4.69, 9.17) is 0 Å². The van der Waals surface area contributed by atoms with Crippen LogP contribution in [0.2, 0.25) is 0 Å². The number of hydrogen-bond acceptors (Lipinski definition) is 6. The Morgan fingerprint density at radius 2 is 1.92 bits per heavy atom. The van der Waals surface area contributed by atoms with Gasteiger partial charge in [-0.15, -0.1) is 10.2 Å². The molecule has 1 aromatic carbocycles. The molecule has 0 unspecified atom stereocenters. The van der Waals surface area contributed by atoms with Crippen LogP contribution in [0.1, 0.15) is 26.5 Å². The van der Waals surface area contributed by atoms with Crippen molar-refractivity contribution in [2.45, 2.75) is 6.54 Å². The maximum absolute atomic E-state index is 12.1. The van der Waals surface area contributed by atoms with Gasteiger partial charge < -0.3 is 15.0 Å². The predicted octanol–water partition coefficient (Wildman–Crippen LogP) is 0.134. The van der Waals surface area contributed by atoms with Gasteiger partial charge in [0.05, 0.1) is 19.2 Å². The van der Waals surface area contributed by atoms with E-state index in [0.717, 1.165) is 0 Å². The molecule has 2 aromatic heterocycles. The Kier molecular flexibility index (Phi) is 4.06. The molecule has 9 heteroatoms. The molecule has 0 saturated carbocycles. The van der Waals surface area contributed by atoms with Gasteiger partial charge in [0.2, 0.25) is 5.65 Å². The topological polar surface area (TPSA) is 118 Å².